The van der Waals surface area contributed by atoms with Crippen LogP contribution in [0.4, 0.5) is 0 Å². The van der Waals surface area contributed by atoms with E-state index in [1.165, 1.54) is 116 Å². The Morgan fingerprint density at radius 1 is 0.411 bits per heavy atom. The summed E-state index contributed by atoms with van der Waals surface area (Å²) < 4.78 is 17.3. The first-order valence-electron chi connectivity index (χ1n) is 23.8. The Morgan fingerprint density at radius 2 is 0.804 bits per heavy atom. The molecule has 0 aliphatic carbocycles. The molecule has 0 aromatic rings. The van der Waals surface area contributed by atoms with E-state index in [0.717, 1.165) is 77.0 Å². The summed E-state index contributed by atoms with van der Waals surface area (Å²) in [4.78, 5) is 25.2. The lowest BCUT2D eigenvalue weighted by atomic mass is 10.1. The Bertz CT molecular complexity index is 977. The van der Waals surface area contributed by atoms with Gasteiger partial charge < -0.3 is 14.2 Å². The van der Waals surface area contributed by atoms with Crippen molar-refractivity contribution < 1.29 is 23.8 Å². The van der Waals surface area contributed by atoms with Gasteiger partial charge >= 0.3 is 11.9 Å². The fourth-order valence-corrected chi connectivity index (χ4v) is 6.49. The molecule has 1 unspecified atom stereocenters. The van der Waals surface area contributed by atoms with Crippen LogP contribution in [0.5, 0.6) is 0 Å². The van der Waals surface area contributed by atoms with Gasteiger partial charge in [-0.15, -0.1) is 0 Å². The van der Waals surface area contributed by atoms with Crippen LogP contribution in [-0.4, -0.2) is 37.9 Å². The van der Waals surface area contributed by atoms with Crippen LogP contribution in [0.15, 0.2) is 60.8 Å². The standard InChI is InChI=1S/C51H90O5/c1-4-7-10-13-16-18-20-22-24-25-26-27-28-29-31-33-36-38-41-44-50(52)55-48-49(56-51(53)45-42-39-35-15-12-9-6-3)47-54-46-43-40-37-34-32-30-23-21-19-17-14-11-8-5-2/h7,10,16,18-19,21-22,24,26-27,49H,4-6,8-9,11-15,17,20,23,25,28-48H2,1-3H3/b10-7-,18-16-,21-19-,24-22-,27-26-. The van der Waals surface area contributed by atoms with Crippen LogP contribution in [0.3, 0.4) is 0 Å². The van der Waals surface area contributed by atoms with Gasteiger partial charge in [-0.3, -0.25) is 9.59 Å². The maximum Gasteiger partial charge on any atom is 0.306 e. The number of hydrogen-bond donors (Lipinski definition) is 0. The summed E-state index contributed by atoms with van der Waals surface area (Å²) in [5, 5.41) is 0. The van der Waals surface area contributed by atoms with Gasteiger partial charge in [-0.25, -0.2) is 0 Å². The third-order valence-corrected chi connectivity index (χ3v) is 10.0. The smallest absolute Gasteiger partial charge is 0.306 e. The van der Waals surface area contributed by atoms with Crippen molar-refractivity contribution in [1.82, 2.24) is 0 Å². The van der Waals surface area contributed by atoms with E-state index in [1.807, 2.05) is 0 Å². The van der Waals surface area contributed by atoms with Crippen molar-refractivity contribution in [2.45, 2.75) is 232 Å². The first-order valence-corrected chi connectivity index (χ1v) is 23.8. The highest BCUT2D eigenvalue weighted by atomic mass is 16.6. The number of rotatable bonds is 43. The first kappa shape index (κ1) is 53.6. The molecule has 0 amide bonds. The molecule has 0 aromatic heterocycles. The van der Waals surface area contributed by atoms with Crippen molar-refractivity contribution in [2.75, 3.05) is 19.8 Å². The molecule has 0 saturated carbocycles. The lowest BCUT2D eigenvalue weighted by molar-refractivity contribution is -0.163. The molecular formula is C51H90O5. The zero-order chi connectivity index (χ0) is 40.7. The Kier molecular flexibility index (Phi) is 45.0. The molecule has 0 N–H and O–H groups in total. The van der Waals surface area contributed by atoms with Crippen molar-refractivity contribution in [1.29, 1.82) is 0 Å². The average molecular weight is 783 g/mol. The summed E-state index contributed by atoms with van der Waals surface area (Å²) >= 11 is 0. The quantitative estimate of drug-likeness (QED) is 0.0350. The minimum absolute atomic E-state index is 0.0755. The SMILES string of the molecule is CC/C=C\C/C=C\C/C=C\C/C=C\CCCCCCCCC(=O)OCC(COCCCCCCCC/C=C\CCCCCC)OC(=O)CCCCCCCCC. The van der Waals surface area contributed by atoms with E-state index in [4.69, 9.17) is 14.2 Å². The summed E-state index contributed by atoms with van der Waals surface area (Å²) in [7, 11) is 0. The van der Waals surface area contributed by atoms with Crippen LogP contribution >= 0.6 is 0 Å². The summed E-state index contributed by atoms with van der Waals surface area (Å²) in [6, 6.07) is 0. The van der Waals surface area contributed by atoms with E-state index >= 15 is 0 Å². The minimum atomic E-state index is -0.541. The monoisotopic (exact) mass is 783 g/mol. The third kappa shape index (κ3) is 44.3. The van der Waals surface area contributed by atoms with Gasteiger partial charge in [-0.2, -0.15) is 0 Å². The van der Waals surface area contributed by atoms with E-state index in [2.05, 4.69) is 81.5 Å². The largest absolute Gasteiger partial charge is 0.462 e. The topological polar surface area (TPSA) is 61.8 Å². The van der Waals surface area contributed by atoms with E-state index in [1.54, 1.807) is 0 Å². The summed E-state index contributed by atoms with van der Waals surface area (Å²) in [5.41, 5.74) is 0. The molecule has 0 heterocycles. The molecule has 5 heteroatoms. The van der Waals surface area contributed by atoms with Gasteiger partial charge in [0.1, 0.15) is 6.61 Å². The highest BCUT2D eigenvalue weighted by Crippen LogP contribution is 2.13. The molecule has 56 heavy (non-hydrogen) atoms. The highest BCUT2D eigenvalue weighted by Gasteiger charge is 2.17. The van der Waals surface area contributed by atoms with Crippen LogP contribution in [-0.2, 0) is 23.8 Å². The van der Waals surface area contributed by atoms with E-state index in [9.17, 15) is 9.59 Å². The van der Waals surface area contributed by atoms with Crippen LogP contribution < -0.4 is 0 Å². The van der Waals surface area contributed by atoms with Crippen LogP contribution in [0.1, 0.15) is 226 Å². The summed E-state index contributed by atoms with van der Waals surface area (Å²) in [6.45, 7) is 7.65. The molecule has 0 fully saturated rings. The molecule has 1 atom stereocenters. The van der Waals surface area contributed by atoms with E-state index in [-0.39, 0.29) is 25.2 Å². The number of esters is 2. The number of allylic oxidation sites excluding steroid dienone is 10. The first-order chi connectivity index (χ1) is 27.6. The second kappa shape index (κ2) is 47.0. The highest BCUT2D eigenvalue weighted by molar-refractivity contribution is 5.70. The average Bonchev–Trinajstić information content (AvgIpc) is 3.20. The molecule has 324 valence electrons. The zero-order valence-corrected chi connectivity index (χ0v) is 37.1. The van der Waals surface area contributed by atoms with Gasteiger partial charge in [-0.1, -0.05) is 191 Å². The molecule has 0 aliphatic heterocycles. The molecule has 0 bridgehead atoms. The van der Waals surface area contributed by atoms with Gasteiger partial charge in [0.25, 0.3) is 0 Å². The van der Waals surface area contributed by atoms with Crippen LogP contribution in [0, 0.1) is 0 Å². The second-order valence-corrected chi connectivity index (χ2v) is 15.6. The minimum Gasteiger partial charge on any atom is -0.462 e. The zero-order valence-electron chi connectivity index (χ0n) is 37.1. The maximum absolute atomic E-state index is 12.6. The maximum atomic E-state index is 12.6. The van der Waals surface area contributed by atoms with Crippen molar-refractivity contribution >= 4 is 11.9 Å². The Labute approximate surface area is 347 Å². The normalized spacial score (nSPS) is 12.7. The van der Waals surface area contributed by atoms with E-state index < -0.39 is 6.10 Å². The van der Waals surface area contributed by atoms with Crippen molar-refractivity contribution in [3.8, 4) is 0 Å². The van der Waals surface area contributed by atoms with Crippen molar-refractivity contribution in [3.05, 3.63) is 60.8 Å². The summed E-state index contributed by atoms with van der Waals surface area (Å²) in [5.74, 6) is -0.420. The Morgan fingerprint density at radius 3 is 1.32 bits per heavy atom. The number of hydrogen-bond acceptors (Lipinski definition) is 5. The van der Waals surface area contributed by atoms with E-state index in [0.29, 0.717) is 19.4 Å². The molecule has 0 spiro atoms. The lowest BCUT2D eigenvalue weighted by Gasteiger charge is -2.18. The van der Waals surface area contributed by atoms with Gasteiger partial charge in [0.05, 0.1) is 6.61 Å². The predicted molar refractivity (Wildman–Crippen MR) is 242 cm³/mol. The number of carbonyl (C=O) groups is 2. The number of unbranched alkanes of at least 4 members (excludes halogenated alkanes) is 22. The fraction of sp³-hybridized carbons (Fsp3) is 0.765. The molecule has 0 saturated heterocycles. The van der Waals surface area contributed by atoms with Gasteiger partial charge in [0, 0.05) is 19.4 Å². The Hall–Kier alpha value is -2.40. The fourth-order valence-electron chi connectivity index (χ4n) is 6.49. The second-order valence-electron chi connectivity index (χ2n) is 15.6. The lowest BCUT2D eigenvalue weighted by Crippen LogP contribution is -2.30. The van der Waals surface area contributed by atoms with Crippen molar-refractivity contribution in [3.63, 3.8) is 0 Å². The third-order valence-electron chi connectivity index (χ3n) is 10.0. The van der Waals surface area contributed by atoms with Gasteiger partial charge in [0.2, 0.25) is 0 Å². The van der Waals surface area contributed by atoms with Crippen molar-refractivity contribution in [2.24, 2.45) is 0 Å². The molecular weight excluding hydrogens is 693 g/mol. The number of carbonyl (C=O) groups excluding carboxylic acids is 2. The summed E-state index contributed by atoms with van der Waals surface area (Å²) in [6.07, 6.45) is 58.0. The molecule has 0 aromatic carbocycles. The molecule has 0 aliphatic rings. The predicted octanol–water partition coefficient (Wildman–Crippen LogP) is 15.8. The molecule has 5 nitrogen and oxygen atoms in total. The van der Waals surface area contributed by atoms with Crippen LogP contribution in [0.2, 0.25) is 0 Å². The number of ether oxygens (including phenoxy) is 3. The molecule has 0 radical (unpaired) electrons. The van der Waals surface area contributed by atoms with Gasteiger partial charge in [0.15, 0.2) is 6.10 Å². The van der Waals surface area contributed by atoms with Gasteiger partial charge in [-0.05, 0) is 83.5 Å². The Balaban J connectivity index is 4.16. The van der Waals surface area contributed by atoms with Crippen LogP contribution in [0.25, 0.3) is 0 Å². The molecule has 0 rings (SSSR count).